The summed E-state index contributed by atoms with van der Waals surface area (Å²) < 4.78 is 64.3. The predicted octanol–water partition coefficient (Wildman–Crippen LogP) is 5.01. The van der Waals surface area contributed by atoms with E-state index in [1.165, 1.54) is 42.6 Å². The van der Waals surface area contributed by atoms with E-state index in [0.717, 1.165) is 23.5 Å². The first-order valence-corrected chi connectivity index (χ1v) is 14.3. The molecule has 0 radical (unpaired) electrons. The Bertz CT molecular complexity index is 1690. The maximum Gasteiger partial charge on any atom is 0.271 e. The lowest BCUT2D eigenvalue weighted by atomic mass is 10.1. The number of benzene rings is 3. The summed E-state index contributed by atoms with van der Waals surface area (Å²) in [5.74, 6) is -3.27. The molecular formula is C27H21F2N3O6S2. The van der Waals surface area contributed by atoms with Crippen molar-refractivity contribution in [1.29, 1.82) is 0 Å². The summed E-state index contributed by atoms with van der Waals surface area (Å²) in [4.78, 5) is 28.9. The van der Waals surface area contributed by atoms with E-state index < -0.39 is 44.6 Å². The molecule has 1 saturated carbocycles. The summed E-state index contributed by atoms with van der Waals surface area (Å²) in [6.45, 7) is 0. The van der Waals surface area contributed by atoms with Gasteiger partial charge in [0.2, 0.25) is 17.1 Å². The number of rotatable bonds is 10. The Morgan fingerprint density at radius 2 is 1.80 bits per heavy atom. The number of hydrogen-bond donors (Lipinski definition) is 2. The zero-order valence-electron chi connectivity index (χ0n) is 20.5. The van der Waals surface area contributed by atoms with Gasteiger partial charge in [0.25, 0.3) is 5.91 Å². The second-order valence-electron chi connectivity index (χ2n) is 8.85. The average Bonchev–Trinajstić information content (AvgIpc) is 3.70. The summed E-state index contributed by atoms with van der Waals surface area (Å²) in [6.07, 6.45) is 1.10. The number of carbonyl (C=O) groups excluding carboxylic acids is 2. The number of ether oxygens (including phenoxy) is 2. The van der Waals surface area contributed by atoms with E-state index in [9.17, 15) is 26.8 Å². The molecule has 5 rings (SSSR count). The summed E-state index contributed by atoms with van der Waals surface area (Å²) in [6, 6.07) is 14.4. The molecule has 0 bridgehead atoms. The minimum absolute atomic E-state index is 0.105. The van der Waals surface area contributed by atoms with E-state index in [4.69, 9.17) is 15.2 Å². The van der Waals surface area contributed by atoms with Crippen LogP contribution in [0.15, 0.2) is 77.8 Å². The maximum absolute atomic E-state index is 14.4. The average molecular weight is 586 g/mol. The van der Waals surface area contributed by atoms with Crippen molar-refractivity contribution in [3.05, 3.63) is 95.7 Å². The zero-order chi connectivity index (χ0) is 28.4. The van der Waals surface area contributed by atoms with Crippen molar-refractivity contribution >= 4 is 38.1 Å². The van der Waals surface area contributed by atoms with Crippen LogP contribution in [0.4, 0.5) is 13.9 Å². The second-order valence-corrected chi connectivity index (χ2v) is 12.1. The van der Waals surface area contributed by atoms with E-state index in [0.29, 0.717) is 24.7 Å². The lowest BCUT2D eigenvalue weighted by molar-refractivity contribution is -0.123. The monoisotopic (exact) mass is 585 g/mol. The molecule has 1 atom stereocenters. The Labute approximate surface area is 231 Å². The Morgan fingerprint density at radius 3 is 2.48 bits per heavy atom. The first kappa shape index (κ1) is 27.2. The second kappa shape index (κ2) is 11.0. The first-order chi connectivity index (χ1) is 19.1. The highest BCUT2D eigenvalue weighted by molar-refractivity contribution is 7.92. The maximum atomic E-state index is 14.4. The topological polar surface area (TPSA) is 138 Å². The third kappa shape index (κ3) is 6.10. The Kier molecular flexibility index (Phi) is 7.50. The van der Waals surface area contributed by atoms with Gasteiger partial charge in [-0.25, -0.2) is 22.2 Å². The van der Waals surface area contributed by atoms with E-state index in [-0.39, 0.29) is 32.0 Å². The van der Waals surface area contributed by atoms with Gasteiger partial charge in [0.05, 0.1) is 16.3 Å². The van der Waals surface area contributed by atoms with Gasteiger partial charge in [-0.2, -0.15) is 0 Å². The Hall–Kier alpha value is -4.36. The molecule has 1 unspecified atom stereocenters. The molecule has 9 nitrogen and oxygen atoms in total. The van der Waals surface area contributed by atoms with E-state index >= 15 is 0 Å². The van der Waals surface area contributed by atoms with Crippen LogP contribution in [0.25, 0.3) is 0 Å². The van der Waals surface area contributed by atoms with Crippen molar-refractivity contribution in [2.24, 2.45) is 5.73 Å². The number of anilines is 1. The van der Waals surface area contributed by atoms with Crippen molar-refractivity contribution in [2.45, 2.75) is 29.1 Å². The Morgan fingerprint density at radius 1 is 1.05 bits per heavy atom. The molecule has 1 aliphatic carbocycles. The first-order valence-electron chi connectivity index (χ1n) is 11.9. The quantitative estimate of drug-likeness (QED) is 0.267. The van der Waals surface area contributed by atoms with E-state index in [1.807, 2.05) is 0 Å². The minimum Gasteiger partial charge on any atom is -0.473 e. The van der Waals surface area contributed by atoms with Crippen molar-refractivity contribution in [3.63, 3.8) is 0 Å². The van der Waals surface area contributed by atoms with E-state index in [2.05, 4.69) is 10.3 Å². The number of nitrogens with one attached hydrogen (secondary N) is 1. The number of nitrogens with two attached hydrogens (primary N) is 1. The summed E-state index contributed by atoms with van der Waals surface area (Å²) in [7, 11) is -3.47. The molecule has 0 aliphatic heterocycles. The van der Waals surface area contributed by atoms with Crippen LogP contribution < -0.4 is 20.5 Å². The fourth-order valence-corrected chi connectivity index (χ4v) is 6.09. The van der Waals surface area contributed by atoms with Crippen LogP contribution in [0.3, 0.4) is 0 Å². The smallest absolute Gasteiger partial charge is 0.271 e. The van der Waals surface area contributed by atoms with Gasteiger partial charge in [-0.05, 0) is 55.3 Å². The molecule has 0 spiro atoms. The zero-order valence-corrected chi connectivity index (χ0v) is 22.2. The van der Waals surface area contributed by atoms with Crippen LogP contribution in [0.5, 0.6) is 16.6 Å². The number of hydrogen-bond acceptors (Lipinski definition) is 8. The van der Waals surface area contributed by atoms with Crippen molar-refractivity contribution in [1.82, 2.24) is 4.98 Å². The molecular weight excluding hydrogens is 564 g/mol. The number of sulfone groups is 1. The molecule has 13 heteroatoms. The number of halogens is 2. The van der Waals surface area contributed by atoms with Crippen LogP contribution in [-0.4, -0.2) is 30.5 Å². The predicted molar refractivity (Wildman–Crippen MR) is 142 cm³/mol. The molecule has 40 heavy (non-hydrogen) atoms. The van der Waals surface area contributed by atoms with Crippen LogP contribution in [0, 0.1) is 11.6 Å². The number of amides is 2. The highest BCUT2D eigenvalue weighted by atomic mass is 32.2. The van der Waals surface area contributed by atoms with Crippen LogP contribution in [0.2, 0.25) is 0 Å². The van der Waals surface area contributed by atoms with Crippen LogP contribution >= 0.6 is 11.3 Å². The molecule has 3 aromatic carbocycles. The van der Waals surface area contributed by atoms with Crippen LogP contribution in [0.1, 0.15) is 34.9 Å². The van der Waals surface area contributed by atoms with Gasteiger partial charge in [-0.1, -0.05) is 29.5 Å². The molecule has 206 valence electrons. The fourth-order valence-electron chi connectivity index (χ4n) is 3.74. The van der Waals surface area contributed by atoms with Gasteiger partial charge in [-0.3, -0.25) is 14.9 Å². The highest BCUT2D eigenvalue weighted by Crippen LogP contribution is 2.35. The molecule has 1 fully saturated rings. The number of primary amides is 1. The van der Waals surface area contributed by atoms with Crippen molar-refractivity contribution in [2.75, 3.05) is 5.32 Å². The highest BCUT2D eigenvalue weighted by Gasteiger charge is 2.37. The number of aromatic nitrogens is 1. The van der Waals surface area contributed by atoms with Crippen molar-refractivity contribution in [3.8, 4) is 16.6 Å². The summed E-state index contributed by atoms with van der Waals surface area (Å²) >= 11 is 0.970. The van der Waals surface area contributed by atoms with Gasteiger partial charge in [0.1, 0.15) is 11.6 Å². The van der Waals surface area contributed by atoms with Gasteiger partial charge in [0.15, 0.2) is 26.5 Å². The molecule has 0 saturated heterocycles. The van der Waals surface area contributed by atoms with Gasteiger partial charge in [0, 0.05) is 17.2 Å². The summed E-state index contributed by atoms with van der Waals surface area (Å²) in [5.41, 5.74) is 5.77. The standard InChI is InChI=1S/C27H21F2N3O6S2/c28-17-6-11-22(21(29)13-17)38-24(15-4-7-19(8-5-15)40(35,36)20-9-10-20)26(34)32-27-31-14-23(39-27)37-18-3-1-2-16(12-18)25(30)33/h1-8,11-14,20,24H,9-10H2,(H2,30,33)(H,31,32,34). The number of thiazole rings is 1. The molecule has 3 N–H and O–H groups in total. The van der Waals surface area contributed by atoms with Gasteiger partial charge >= 0.3 is 0 Å². The minimum atomic E-state index is -3.47. The van der Waals surface area contributed by atoms with Crippen molar-refractivity contribution < 1.29 is 36.3 Å². The third-order valence-electron chi connectivity index (χ3n) is 5.90. The molecule has 1 aliphatic rings. The lowest BCUT2D eigenvalue weighted by Gasteiger charge is -2.19. The largest absolute Gasteiger partial charge is 0.473 e. The van der Waals surface area contributed by atoms with Gasteiger partial charge in [-0.15, -0.1) is 0 Å². The normalized spacial score (nSPS) is 13.8. The third-order valence-corrected chi connectivity index (χ3v) is 8.97. The molecule has 4 aromatic rings. The Balaban J connectivity index is 1.37. The summed E-state index contributed by atoms with van der Waals surface area (Å²) in [5, 5.41) is 2.56. The van der Waals surface area contributed by atoms with E-state index in [1.54, 1.807) is 12.1 Å². The molecule has 2 amide bonds. The fraction of sp³-hybridized carbons (Fsp3) is 0.148. The van der Waals surface area contributed by atoms with Crippen LogP contribution in [-0.2, 0) is 14.6 Å². The molecule has 1 heterocycles. The SMILES string of the molecule is NC(=O)c1cccc(Oc2cnc(NC(=O)C(Oc3ccc(F)cc3F)c3ccc(S(=O)(=O)C4CC4)cc3)s2)c1. The van der Waals surface area contributed by atoms with Gasteiger partial charge < -0.3 is 15.2 Å². The lowest BCUT2D eigenvalue weighted by Crippen LogP contribution is -2.26. The number of nitrogens with zero attached hydrogens (tertiary/aromatic N) is 1. The number of carbonyl (C=O) groups is 2. The molecule has 1 aromatic heterocycles.